The highest BCUT2D eigenvalue weighted by Gasteiger charge is 2.27. The predicted molar refractivity (Wildman–Crippen MR) is 93.7 cm³/mol. The summed E-state index contributed by atoms with van der Waals surface area (Å²) in [5, 5.41) is 23.2. The van der Waals surface area contributed by atoms with Crippen molar-refractivity contribution in [2.24, 2.45) is 0 Å². The number of nitrogens with zero attached hydrogens (tertiary/aromatic N) is 5. The van der Waals surface area contributed by atoms with Gasteiger partial charge in [-0.25, -0.2) is 4.98 Å². The van der Waals surface area contributed by atoms with Crippen LogP contribution in [-0.4, -0.2) is 53.3 Å². The standard InChI is InChI=1S/C18H21N5O3/c1-11-3-4-16-19-12(2)17(22(16)8-11)18(26)21-5-6-23-13(9-21)7-14(20-23)15(25)10-24/h3-4,7-8,15,24-25H,5-6,9-10H2,1-2H3. The number of amides is 1. The number of carbonyl (C=O) groups is 1. The van der Waals surface area contributed by atoms with E-state index in [0.717, 1.165) is 16.9 Å². The van der Waals surface area contributed by atoms with Crippen molar-refractivity contribution in [1.82, 2.24) is 24.1 Å². The zero-order chi connectivity index (χ0) is 18.4. The molecule has 26 heavy (non-hydrogen) atoms. The van der Waals surface area contributed by atoms with E-state index in [1.807, 2.05) is 36.6 Å². The molecule has 1 atom stereocenters. The second kappa shape index (κ2) is 6.22. The van der Waals surface area contributed by atoms with E-state index in [4.69, 9.17) is 5.11 Å². The zero-order valence-electron chi connectivity index (χ0n) is 14.8. The van der Waals surface area contributed by atoms with Crippen molar-refractivity contribution in [3.8, 4) is 0 Å². The number of imidazole rings is 1. The average molecular weight is 355 g/mol. The molecule has 3 aromatic rings. The van der Waals surface area contributed by atoms with Gasteiger partial charge in [0.15, 0.2) is 0 Å². The van der Waals surface area contributed by atoms with Crippen LogP contribution in [0.15, 0.2) is 24.4 Å². The molecule has 8 heteroatoms. The maximum Gasteiger partial charge on any atom is 0.273 e. The van der Waals surface area contributed by atoms with Gasteiger partial charge in [0.25, 0.3) is 5.91 Å². The summed E-state index contributed by atoms with van der Waals surface area (Å²) in [5.74, 6) is -0.0719. The van der Waals surface area contributed by atoms with E-state index in [1.54, 1.807) is 15.6 Å². The Labute approximate surface area is 150 Å². The lowest BCUT2D eigenvalue weighted by molar-refractivity contribution is 0.0697. The van der Waals surface area contributed by atoms with Gasteiger partial charge < -0.3 is 15.1 Å². The lowest BCUT2D eigenvalue weighted by Crippen LogP contribution is -2.39. The van der Waals surface area contributed by atoms with Crippen LogP contribution in [0.2, 0.25) is 0 Å². The summed E-state index contributed by atoms with van der Waals surface area (Å²) >= 11 is 0. The Morgan fingerprint density at radius 1 is 1.31 bits per heavy atom. The number of hydrogen-bond donors (Lipinski definition) is 2. The van der Waals surface area contributed by atoms with E-state index in [9.17, 15) is 9.90 Å². The summed E-state index contributed by atoms with van der Waals surface area (Å²) in [5.41, 5.74) is 4.37. The fourth-order valence-electron chi connectivity index (χ4n) is 3.39. The maximum absolute atomic E-state index is 13.2. The number of aliphatic hydroxyl groups excluding tert-OH is 2. The number of aromatic nitrogens is 4. The molecule has 2 N–H and O–H groups in total. The minimum atomic E-state index is -0.999. The first kappa shape index (κ1) is 16.7. The fourth-order valence-corrected chi connectivity index (χ4v) is 3.39. The van der Waals surface area contributed by atoms with E-state index < -0.39 is 6.10 Å². The molecule has 1 amide bonds. The van der Waals surface area contributed by atoms with Crippen LogP contribution in [0.25, 0.3) is 5.65 Å². The summed E-state index contributed by atoms with van der Waals surface area (Å²) < 4.78 is 3.63. The third-order valence-corrected chi connectivity index (χ3v) is 4.76. The highest BCUT2D eigenvalue weighted by Crippen LogP contribution is 2.21. The molecule has 1 aliphatic heterocycles. The summed E-state index contributed by atoms with van der Waals surface area (Å²) in [4.78, 5) is 19.4. The molecule has 0 radical (unpaired) electrons. The SMILES string of the molecule is Cc1ccc2nc(C)c(C(=O)N3CCn4nc(C(O)CO)cc4C3)n2c1. The van der Waals surface area contributed by atoms with Crippen LogP contribution in [0.3, 0.4) is 0 Å². The molecule has 0 bridgehead atoms. The van der Waals surface area contributed by atoms with Crippen molar-refractivity contribution in [1.29, 1.82) is 0 Å². The Bertz CT molecular complexity index is 990. The highest BCUT2D eigenvalue weighted by atomic mass is 16.3. The van der Waals surface area contributed by atoms with Gasteiger partial charge >= 0.3 is 0 Å². The van der Waals surface area contributed by atoms with Gasteiger partial charge in [-0.2, -0.15) is 5.10 Å². The fraction of sp³-hybridized carbons (Fsp3) is 0.389. The minimum Gasteiger partial charge on any atom is -0.393 e. The Hall–Kier alpha value is -2.71. The lowest BCUT2D eigenvalue weighted by Gasteiger charge is -2.27. The van der Waals surface area contributed by atoms with Crippen molar-refractivity contribution in [2.45, 2.75) is 33.0 Å². The second-order valence-electron chi connectivity index (χ2n) is 6.69. The number of hydrogen-bond acceptors (Lipinski definition) is 5. The predicted octanol–water partition coefficient (Wildman–Crippen LogP) is 0.829. The van der Waals surface area contributed by atoms with Crippen molar-refractivity contribution in [3.63, 3.8) is 0 Å². The number of carbonyl (C=O) groups excluding carboxylic acids is 1. The second-order valence-corrected chi connectivity index (χ2v) is 6.69. The van der Waals surface area contributed by atoms with E-state index in [1.165, 1.54) is 0 Å². The smallest absolute Gasteiger partial charge is 0.273 e. The van der Waals surface area contributed by atoms with Crippen LogP contribution in [0.5, 0.6) is 0 Å². The molecular weight excluding hydrogens is 334 g/mol. The largest absolute Gasteiger partial charge is 0.393 e. The summed E-state index contributed by atoms with van der Waals surface area (Å²) in [6, 6.07) is 5.63. The molecule has 0 fully saturated rings. The molecule has 0 aliphatic carbocycles. The number of rotatable bonds is 3. The van der Waals surface area contributed by atoms with Gasteiger partial charge in [0, 0.05) is 12.7 Å². The molecule has 0 saturated heterocycles. The Morgan fingerprint density at radius 3 is 2.88 bits per heavy atom. The molecule has 136 valence electrons. The van der Waals surface area contributed by atoms with Crippen LogP contribution in [0.1, 0.15) is 39.2 Å². The molecule has 0 aromatic carbocycles. The Morgan fingerprint density at radius 2 is 2.12 bits per heavy atom. The normalized spacial score (nSPS) is 15.3. The molecule has 0 saturated carbocycles. The van der Waals surface area contributed by atoms with E-state index in [0.29, 0.717) is 36.7 Å². The van der Waals surface area contributed by atoms with Gasteiger partial charge in [-0.05, 0) is 31.5 Å². The Balaban J connectivity index is 1.65. The number of fused-ring (bicyclic) bond motifs is 2. The number of aliphatic hydroxyl groups is 2. The van der Waals surface area contributed by atoms with Crippen LogP contribution < -0.4 is 0 Å². The van der Waals surface area contributed by atoms with Gasteiger partial charge in [-0.15, -0.1) is 0 Å². The molecule has 4 rings (SSSR count). The van der Waals surface area contributed by atoms with Gasteiger partial charge in [0.1, 0.15) is 17.4 Å². The monoisotopic (exact) mass is 355 g/mol. The maximum atomic E-state index is 13.2. The third kappa shape index (κ3) is 2.67. The first-order valence-electron chi connectivity index (χ1n) is 8.58. The van der Waals surface area contributed by atoms with Crippen LogP contribution in [-0.2, 0) is 13.1 Å². The third-order valence-electron chi connectivity index (χ3n) is 4.76. The molecule has 1 unspecified atom stereocenters. The molecular formula is C18H21N5O3. The molecule has 4 heterocycles. The van der Waals surface area contributed by atoms with Gasteiger partial charge in [-0.1, -0.05) is 6.07 Å². The quantitative estimate of drug-likeness (QED) is 0.725. The first-order chi connectivity index (χ1) is 12.5. The van der Waals surface area contributed by atoms with Gasteiger partial charge in [-0.3, -0.25) is 13.9 Å². The van der Waals surface area contributed by atoms with Crippen LogP contribution in [0.4, 0.5) is 0 Å². The van der Waals surface area contributed by atoms with Crippen molar-refractivity contribution < 1.29 is 15.0 Å². The van der Waals surface area contributed by atoms with E-state index in [-0.39, 0.29) is 12.5 Å². The van der Waals surface area contributed by atoms with Crippen molar-refractivity contribution in [3.05, 3.63) is 52.7 Å². The van der Waals surface area contributed by atoms with Crippen LogP contribution in [0, 0.1) is 13.8 Å². The summed E-state index contributed by atoms with van der Waals surface area (Å²) in [7, 11) is 0. The number of pyridine rings is 1. The lowest BCUT2D eigenvalue weighted by atomic mass is 10.2. The van der Waals surface area contributed by atoms with Crippen molar-refractivity contribution in [2.75, 3.05) is 13.2 Å². The average Bonchev–Trinajstić information content (AvgIpc) is 3.19. The molecule has 3 aromatic heterocycles. The number of aryl methyl sites for hydroxylation is 2. The Kier molecular flexibility index (Phi) is 4.01. The minimum absolute atomic E-state index is 0.0719. The summed E-state index contributed by atoms with van der Waals surface area (Å²) in [6.07, 6.45) is 0.924. The zero-order valence-corrected chi connectivity index (χ0v) is 14.8. The topological polar surface area (TPSA) is 95.9 Å². The van der Waals surface area contributed by atoms with Gasteiger partial charge in [0.2, 0.25) is 0 Å². The molecule has 8 nitrogen and oxygen atoms in total. The van der Waals surface area contributed by atoms with Crippen molar-refractivity contribution >= 4 is 11.6 Å². The van der Waals surface area contributed by atoms with Gasteiger partial charge in [0.05, 0.1) is 36.8 Å². The molecule has 1 aliphatic rings. The highest BCUT2D eigenvalue weighted by molar-refractivity contribution is 5.94. The van der Waals surface area contributed by atoms with E-state index in [2.05, 4.69) is 10.1 Å². The first-order valence-corrected chi connectivity index (χ1v) is 8.58. The summed E-state index contributed by atoms with van der Waals surface area (Å²) in [6.45, 7) is 4.94. The van der Waals surface area contributed by atoms with Crippen LogP contribution >= 0.6 is 0 Å². The molecule has 0 spiro atoms. The van der Waals surface area contributed by atoms with E-state index >= 15 is 0 Å².